The van der Waals surface area contributed by atoms with Gasteiger partial charge in [0, 0.05) is 39.3 Å². The number of carbonyl (C=O) groups is 2. The maximum absolute atomic E-state index is 12.5. The van der Waals surface area contributed by atoms with Gasteiger partial charge in [0.2, 0.25) is 11.8 Å². The second kappa shape index (κ2) is 9.40. The first-order valence-electron chi connectivity index (χ1n) is 9.94. The molecule has 28 heavy (non-hydrogen) atoms. The van der Waals surface area contributed by atoms with E-state index in [9.17, 15) is 9.59 Å². The predicted molar refractivity (Wildman–Crippen MR) is 112 cm³/mol. The first-order valence-corrected chi connectivity index (χ1v) is 9.94. The van der Waals surface area contributed by atoms with Crippen LogP contribution in [0.15, 0.2) is 54.6 Å². The summed E-state index contributed by atoms with van der Waals surface area (Å²) >= 11 is 0. The fourth-order valence-corrected chi connectivity index (χ4v) is 3.85. The van der Waals surface area contributed by atoms with Crippen LogP contribution in [0.4, 0.5) is 5.69 Å². The Kier molecular flexibility index (Phi) is 6.69. The highest BCUT2D eigenvalue weighted by Crippen LogP contribution is 2.32. The van der Waals surface area contributed by atoms with Crippen molar-refractivity contribution in [2.45, 2.75) is 32.2 Å². The number of anilines is 1. The van der Waals surface area contributed by atoms with Crippen molar-refractivity contribution in [3.63, 3.8) is 0 Å². The molecular formula is C23H29N3O2. The summed E-state index contributed by atoms with van der Waals surface area (Å²) in [5.74, 6) is 0.0205. The third kappa shape index (κ3) is 4.91. The Bertz CT molecular complexity index is 807. The quantitative estimate of drug-likeness (QED) is 0.752. The molecule has 1 aliphatic heterocycles. The van der Waals surface area contributed by atoms with Crippen LogP contribution < -0.4 is 10.2 Å². The molecule has 0 aromatic heterocycles. The zero-order valence-electron chi connectivity index (χ0n) is 16.7. The SMILES string of the molecule is CC(=O)N1CCc2ccccc2C1CC(=O)NCCCN(C)c1ccccc1. The first kappa shape index (κ1) is 19.9. The van der Waals surface area contributed by atoms with Gasteiger partial charge < -0.3 is 15.1 Å². The number of nitrogens with zero attached hydrogens (tertiary/aromatic N) is 2. The number of hydrogen-bond acceptors (Lipinski definition) is 3. The molecule has 0 spiro atoms. The lowest BCUT2D eigenvalue weighted by Gasteiger charge is -2.36. The molecule has 1 N–H and O–H groups in total. The molecular weight excluding hydrogens is 350 g/mol. The van der Waals surface area contributed by atoms with Crippen molar-refractivity contribution in [2.24, 2.45) is 0 Å². The molecule has 5 nitrogen and oxygen atoms in total. The van der Waals surface area contributed by atoms with E-state index >= 15 is 0 Å². The number of rotatable bonds is 7. The zero-order valence-corrected chi connectivity index (χ0v) is 16.7. The Morgan fingerprint density at radius 3 is 2.57 bits per heavy atom. The number of para-hydroxylation sites is 1. The van der Waals surface area contributed by atoms with E-state index in [-0.39, 0.29) is 17.9 Å². The largest absolute Gasteiger partial charge is 0.375 e. The van der Waals surface area contributed by atoms with Gasteiger partial charge in [0.25, 0.3) is 0 Å². The van der Waals surface area contributed by atoms with Crippen molar-refractivity contribution >= 4 is 17.5 Å². The highest BCUT2D eigenvalue weighted by Gasteiger charge is 2.30. The van der Waals surface area contributed by atoms with E-state index in [1.54, 1.807) is 6.92 Å². The topological polar surface area (TPSA) is 52.7 Å². The van der Waals surface area contributed by atoms with Gasteiger partial charge in [0.15, 0.2) is 0 Å². The molecule has 0 saturated heterocycles. The Morgan fingerprint density at radius 1 is 1.11 bits per heavy atom. The molecule has 5 heteroatoms. The monoisotopic (exact) mass is 379 g/mol. The van der Waals surface area contributed by atoms with E-state index in [1.807, 2.05) is 41.3 Å². The number of carbonyl (C=O) groups excluding carboxylic acids is 2. The summed E-state index contributed by atoms with van der Waals surface area (Å²) in [5, 5.41) is 3.02. The van der Waals surface area contributed by atoms with Crippen molar-refractivity contribution in [2.75, 3.05) is 31.6 Å². The third-order valence-electron chi connectivity index (χ3n) is 5.39. The molecule has 0 fully saturated rings. The summed E-state index contributed by atoms with van der Waals surface area (Å²) in [6.07, 6.45) is 2.03. The maximum atomic E-state index is 12.5. The number of fused-ring (bicyclic) bond motifs is 1. The second-order valence-electron chi connectivity index (χ2n) is 7.34. The van der Waals surface area contributed by atoms with Crippen LogP contribution in [-0.2, 0) is 16.0 Å². The summed E-state index contributed by atoms with van der Waals surface area (Å²) in [7, 11) is 2.06. The summed E-state index contributed by atoms with van der Waals surface area (Å²) < 4.78 is 0. The number of nitrogens with one attached hydrogen (secondary N) is 1. The number of hydrogen-bond donors (Lipinski definition) is 1. The molecule has 0 bridgehead atoms. The molecule has 2 aromatic carbocycles. The molecule has 0 aliphatic carbocycles. The van der Waals surface area contributed by atoms with Gasteiger partial charge in [0.1, 0.15) is 0 Å². The van der Waals surface area contributed by atoms with Crippen LogP contribution in [-0.4, -0.2) is 43.4 Å². The van der Waals surface area contributed by atoms with Crippen LogP contribution in [0.25, 0.3) is 0 Å². The zero-order chi connectivity index (χ0) is 19.9. The van der Waals surface area contributed by atoms with Gasteiger partial charge in [-0.15, -0.1) is 0 Å². The van der Waals surface area contributed by atoms with Crippen molar-refractivity contribution in [1.82, 2.24) is 10.2 Å². The van der Waals surface area contributed by atoms with Gasteiger partial charge in [-0.05, 0) is 36.1 Å². The molecule has 1 atom stereocenters. The maximum Gasteiger partial charge on any atom is 0.222 e. The lowest BCUT2D eigenvalue weighted by molar-refractivity contribution is -0.133. The second-order valence-corrected chi connectivity index (χ2v) is 7.34. The summed E-state index contributed by atoms with van der Waals surface area (Å²) in [6.45, 7) is 3.75. The molecule has 148 valence electrons. The van der Waals surface area contributed by atoms with E-state index in [1.165, 1.54) is 11.3 Å². The van der Waals surface area contributed by atoms with Crippen LogP contribution in [0.1, 0.15) is 36.9 Å². The summed E-state index contributed by atoms with van der Waals surface area (Å²) in [4.78, 5) is 28.6. The minimum atomic E-state index is -0.172. The fraction of sp³-hybridized carbons (Fsp3) is 0.391. The minimum Gasteiger partial charge on any atom is -0.375 e. The Balaban J connectivity index is 1.51. The number of benzene rings is 2. The van der Waals surface area contributed by atoms with E-state index in [0.29, 0.717) is 19.5 Å². The van der Waals surface area contributed by atoms with Crippen molar-refractivity contribution in [1.29, 1.82) is 0 Å². The minimum absolute atomic E-state index is 0.00434. The average Bonchev–Trinajstić information content (AvgIpc) is 2.71. The van der Waals surface area contributed by atoms with Crippen molar-refractivity contribution in [3.05, 3.63) is 65.7 Å². The van der Waals surface area contributed by atoms with Gasteiger partial charge in [-0.2, -0.15) is 0 Å². The molecule has 1 unspecified atom stereocenters. The first-order chi connectivity index (χ1) is 13.6. The summed E-state index contributed by atoms with van der Waals surface area (Å²) in [5.41, 5.74) is 3.51. The van der Waals surface area contributed by atoms with Gasteiger partial charge in [-0.3, -0.25) is 9.59 Å². The Morgan fingerprint density at radius 2 is 1.82 bits per heavy atom. The third-order valence-corrected chi connectivity index (χ3v) is 5.39. The van der Waals surface area contributed by atoms with Crippen LogP contribution in [0.5, 0.6) is 0 Å². The van der Waals surface area contributed by atoms with Gasteiger partial charge in [0.05, 0.1) is 12.5 Å². The lowest BCUT2D eigenvalue weighted by Crippen LogP contribution is -2.41. The molecule has 1 aliphatic rings. The van der Waals surface area contributed by atoms with Crippen LogP contribution in [0.2, 0.25) is 0 Å². The lowest BCUT2D eigenvalue weighted by atomic mass is 9.90. The van der Waals surface area contributed by atoms with Crippen LogP contribution in [0, 0.1) is 0 Å². The standard InChI is InChI=1S/C23H29N3O2/c1-18(27)26-16-13-19-9-6-7-12-21(19)22(26)17-23(28)24-14-8-15-25(2)20-10-4-3-5-11-20/h3-7,9-12,22H,8,13-17H2,1-2H3,(H,24,28). The van der Waals surface area contributed by atoms with E-state index in [0.717, 1.165) is 24.9 Å². The van der Waals surface area contributed by atoms with Crippen molar-refractivity contribution < 1.29 is 9.59 Å². The van der Waals surface area contributed by atoms with Crippen LogP contribution in [0.3, 0.4) is 0 Å². The molecule has 1 heterocycles. The average molecular weight is 380 g/mol. The smallest absolute Gasteiger partial charge is 0.222 e. The van der Waals surface area contributed by atoms with Gasteiger partial charge >= 0.3 is 0 Å². The molecule has 2 amide bonds. The van der Waals surface area contributed by atoms with E-state index in [2.05, 4.69) is 35.5 Å². The highest BCUT2D eigenvalue weighted by molar-refractivity contribution is 5.79. The normalized spacial score (nSPS) is 15.6. The van der Waals surface area contributed by atoms with Gasteiger partial charge in [-0.1, -0.05) is 42.5 Å². The molecule has 0 radical (unpaired) electrons. The van der Waals surface area contributed by atoms with Gasteiger partial charge in [-0.25, -0.2) is 0 Å². The molecule has 2 aromatic rings. The predicted octanol–water partition coefficient (Wildman–Crippen LogP) is 3.17. The van der Waals surface area contributed by atoms with Crippen molar-refractivity contribution in [3.8, 4) is 0 Å². The van der Waals surface area contributed by atoms with E-state index in [4.69, 9.17) is 0 Å². The van der Waals surface area contributed by atoms with Crippen LogP contribution >= 0.6 is 0 Å². The summed E-state index contributed by atoms with van der Waals surface area (Å²) in [6, 6.07) is 18.2. The van der Waals surface area contributed by atoms with E-state index < -0.39 is 0 Å². The Hall–Kier alpha value is -2.82. The Labute approximate surface area is 167 Å². The fourth-order valence-electron chi connectivity index (χ4n) is 3.85. The highest BCUT2D eigenvalue weighted by atomic mass is 16.2. The molecule has 0 saturated carbocycles. The number of amides is 2. The molecule has 3 rings (SSSR count).